The normalized spacial score (nSPS) is 15.3. The monoisotopic (exact) mass is 334 g/mol. The summed E-state index contributed by atoms with van der Waals surface area (Å²) in [5.74, 6) is -4.16. The van der Waals surface area contributed by atoms with E-state index in [1.54, 1.807) is 48.5 Å². The highest BCUT2D eigenvalue weighted by Crippen LogP contribution is 2.41. The van der Waals surface area contributed by atoms with Gasteiger partial charge in [0, 0.05) is 17.0 Å². The Kier molecular flexibility index (Phi) is 4.45. The Hall–Kier alpha value is -2.88. The van der Waals surface area contributed by atoms with E-state index < -0.39 is 17.8 Å². The summed E-state index contributed by atoms with van der Waals surface area (Å²) in [6.45, 7) is 2.66. The minimum atomic E-state index is -1.04. The summed E-state index contributed by atoms with van der Waals surface area (Å²) in [6, 6.07) is 15.5. The molecule has 0 fully saturated rings. The summed E-state index contributed by atoms with van der Waals surface area (Å²) >= 11 is 0. The lowest BCUT2D eigenvalue weighted by molar-refractivity contribution is -0.131. The molecule has 126 valence electrons. The number of benzene rings is 2. The Balaban J connectivity index is 2.17. The molecule has 2 aromatic carbocycles. The second kappa shape index (κ2) is 6.55. The standard InChI is InChI=1S/C21H18O4/c1-12(22)17(13(2)23)18(14-8-4-3-5-9-14)19-20(24)15-10-6-7-11-16(15)21(19)25/h3-11,17-19H,1-2H3. The van der Waals surface area contributed by atoms with E-state index >= 15 is 0 Å². The number of fused-ring (bicyclic) bond motifs is 1. The molecule has 0 saturated carbocycles. The smallest absolute Gasteiger partial charge is 0.175 e. The zero-order valence-electron chi connectivity index (χ0n) is 14.1. The van der Waals surface area contributed by atoms with E-state index in [0.29, 0.717) is 16.7 Å². The first kappa shape index (κ1) is 17.0. The van der Waals surface area contributed by atoms with E-state index in [1.807, 2.05) is 6.07 Å². The maximum absolute atomic E-state index is 12.9. The zero-order chi connectivity index (χ0) is 18.1. The fraction of sp³-hybridized carbons (Fsp3) is 0.238. The summed E-state index contributed by atoms with van der Waals surface area (Å²) in [4.78, 5) is 50.3. The Morgan fingerprint density at radius 3 is 1.64 bits per heavy atom. The van der Waals surface area contributed by atoms with Crippen molar-refractivity contribution in [1.29, 1.82) is 0 Å². The van der Waals surface area contributed by atoms with Crippen molar-refractivity contribution >= 4 is 23.1 Å². The topological polar surface area (TPSA) is 68.3 Å². The lowest BCUT2D eigenvalue weighted by Gasteiger charge is -2.27. The first-order valence-corrected chi connectivity index (χ1v) is 8.16. The lowest BCUT2D eigenvalue weighted by atomic mass is 9.72. The Morgan fingerprint density at radius 2 is 1.20 bits per heavy atom. The van der Waals surface area contributed by atoms with Gasteiger partial charge in [0.05, 0.1) is 11.8 Å². The maximum Gasteiger partial charge on any atom is 0.175 e. The zero-order valence-corrected chi connectivity index (χ0v) is 14.1. The third-order valence-electron chi connectivity index (χ3n) is 4.80. The number of carbonyl (C=O) groups excluding carboxylic acids is 4. The van der Waals surface area contributed by atoms with Gasteiger partial charge in [-0.2, -0.15) is 0 Å². The van der Waals surface area contributed by atoms with Crippen molar-refractivity contribution < 1.29 is 19.2 Å². The van der Waals surface area contributed by atoms with Crippen LogP contribution in [0.1, 0.15) is 46.0 Å². The van der Waals surface area contributed by atoms with Crippen molar-refractivity contribution in [2.75, 3.05) is 0 Å². The molecule has 0 aromatic heterocycles. The lowest BCUT2D eigenvalue weighted by Crippen LogP contribution is -2.36. The summed E-state index contributed by atoms with van der Waals surface area (Å²) in [5, 5.41) is 0. The number of hydrogen-bond acceptors (Lipinski definition) is 4. The highest BCUT2D eigenvalue weighted by molar-refractivity contribution is 6.27. The molecular formula is C21H18O4. The SMILES string of the molecule is CC(=O)C(C(C)=O)C(c1ccccc1)C1C(=O)c2ccccc2C1=O. The molecule has 3 rings (SSSR count). The summed E-state index contributed by atoms with van der Waals surface area (Å²) in [6.07, 6.45) is 0. The van der Waals surface area contributed by atoms with Crippen LogP contribution in [-0.2, 0) is 9.59 Å². The first-order chi connectivity index (χ1) is 11.9. The molecule has 1 aliphatic carbocycles. The van der Waals surface area contributed by atoms with Crippen molar-refractivity contribution in [2.24, 2.45) is 11.8 Å². The van der Waals surface area contributed by atoms with E-state index in [1.165, 1.54) is 13.8 Å². The number of Topliss-reactive ketones (excluding diaryl/α,β-unsaturated/α-hetero) is 4. The molecule has 0 spiro atoms. The molecule has 1 atom stereocenters. The van der Waals surface area contributed by atoms with Crippen LogP contribution in [0.4, 0.5) is 0 Å². The van der Waals surface area contributed by atoms with Crippen LogP contribution in [0.15, 0.2) is 54.6 Å². The number of rotatable bonds is 5. The molecule has 0 aliphatic heterocycles. The van der Waals surface area contributed by atoms with Gasteiger partial charge in [-0.3, -0.25) is 19.2 Å². The Morgan fingerprint density at radius 1 is 0.760 bits per heavy atom. The molecule has 0 N–H and O–H groups in total. The Bertz CT molecular complexity index is 817. The maximum atomic E-state index is 12.9. The van der Waals surface area contributed by atoms with Gasteiger partial charge < -0.3 is 0 Å². The van der Waals surface area contributed by atoms with Crippen LogP contribution >= 0.6 is 0 Å². The molecule has 1 aliphatic rings. The quantitative estimate of drug-likeness (QED) is 0.787. The van der Waals surface area contributed by atoms with Gasteiger partial charge in [-0.05, 0) is 19.4 Å². The molecule has 0 bridgehead atoms. The van der Waals surface area contributed by atoms with Crippen LogP contribution in [-0.4, -0.2) is 23.1 Å². The minimum absolute atomic E-state index is 0.318. The average Bonchev–Trinajstić information content (AvgIpc) is 2.84. The van der Waals surface area contributed by atoms with E-state index in [2.05, 4.69) is 0 Å². The minimum Gasteiger partial charge on any atom is -0.299 e. The molecule has 2 aromatic rings. The number of ketones is 4. The predicted molar refractivity (Wildman–Crippen MR) is 92.6 cm³/mol. The highest BCUT2D eigenvalue weighted by Gasteiger charge is 2.48. The van der Waals surface area contributed by atoms with Gasteiger partial charge in [0.1, 0.15) is 11.6 Å². The first-order valence-electron chi connectivity index (χ1n) is 8.16. The summed E-state index contributed by atoms with van der Waals surface area (Å²) in [7, 11) is 0. The fourth-order valence-corrected chi connectivity index (χ4v) is 3.74. The van der Waals surface area contributed by atoms with Crippen LogP contribution in [0.2, 0.25) is 0 Å². The second-order valence-electron chi connectivity index (χ2n) is 6.39. The molecule has 0 amide bonds. The van der Waals surface area contributed by atoms with Crippen LogP contribution in [0.25, 0.3) is 0 Å². The molecule has 0 heterocycles. The summed E-state index contributed by atoms with van der Waals surface area (Å²) < 4.78 is 0. The Labute approximate surface area is 145 Å². The molecule has 25 heavy (non-hydrogen) atoms. The van der Waals surface area contributed by atoms with Gasteiger partial charge in [0.2, 0.25) is 0 Å². The average molecular weight is 334 g/mol. The highest BCUT2D eigenvalue weighted by atomic mass is 16.2. The third-order valence-corrected chi connectivity index (χ3v) is 4.80. The van der Waals surface area contributed by atoms with Crippen molar-refractivity contribution in [1.82, 2.24) is 0 Å². The van der Waals surface area contributed by atoms with E-state index in [4.69, 9.17) is 0 Å². The van der Waals surface area contributed by atoms with Gasteiger partial charge >= 0.3 is 0 Å². The van der Waals surface area contributed by atoms with Gasteiger partial charge in [-0.1, -0.05) is 54.6 Å². The second-order valence-corrected chi connectivity index (χ2v) is 6.39. The van der Waals surface area contributed by atoms with E-state index in [0.717, 1.165) is 0 Å². The molecule has 4 heteroatoms. The molecule has 0 saturated heterocycles. The van der Waals surface area contributed by atoms with E-state index in [-0.39, 0.29) is 23.1 Å². The van der Waals surface area contributed by atoms with E-state index in [9.17, 15) is 19.2 Å². The molecule has 0 radical (unpaired) electrons. The van der Waals surface area contributed by atoms with Crippen molar-refractivity contribution in [3.8, 4) is 0 Å². The van der Waals surface area contributed by atoms with Crippen LogP contribution < -0.4 is 0 Å². The van der Waals surface area contributed by atoms with Gasteiger partial charge in [-0.25, -0.2) is 0 Å². The molecule has 1 unspecified atom stereocenters. The van der Waals surface area contributed by atoms with Crippen LogP contribution in [0.5, 0.6) is 0 Å². The van der Waals surface area contributed by atoms with Gasteiger partial charge in [-0.15, -0.1) is 0 Å². The fourth-order valence-electron chi connectivity index (χ4n) is 3.74. The molecular weight excluding hydrogens is 316 g/mol. The van der Waals surface area contributed by atoms with Gasteiger partial charge in [0.25, 0.3) is 0 Å². The van der Waals surface area contributed by atoms with Crippen LogP contribution in [0.3, 0.4) is 0 Å². The van der Waals surface area contributed by atoms with Crippen molar-refractivity contribution in [3.63, 3.8) is 0 Å². The summed E-state index contributed by atoms with van der Waals surface area (Å²) in [5.41, 5.74) is 1.38. The largest absolute Gasteiger partial charge is 0.299 e. The van der Waals surface area contributed by atoms with Gasteiger partial charge in [0.15, 0.2) is 11.6 Å². The van der Waals surface area contributed by atoms with Crippen molar-refractivity contribution in [3.05, 3.63) is 71.3 Å². The number of hydrogen-bond donors (Lipinski definition) is 0. The third kappa shape index (κ3) is 2.84. The molecule has 4 nitrogen and oxygen atoms in total. The van der Waals surface area contributed by atoms with Crippen molar-refractivity contribution in [2.45, 2.75) is 19.8 Å². The predicted octanol–water partition coefficient (Wildman–Crippen LogP) is 3.26. The van der Waals surface area contributed by atoms with Crippen LogP contribution in [0, 0.1) is 11.8 Å². The number of carbonyl (C=O) groups is 4.